The lowest BCUT2D eigenvalue weighted by atomic mass is 10.3. The molecular weight excluding hydrogens is 226 g/mol. The van der Waals surface area contributed by atoms with Gasteiger partial charge in [-0.3, -0.25) is 5.32 Å². The zero-order valence-electron chi connectivity index (χ0n) is 10.3. The number of halogens is 1. The molecule has 2 fully saturated rings. The second-order valence-electron chi connectivity index (χ2n) is 4.82. The quantitative estimate of drug-likeness (QED) is 0.783. The molecule has 0 aromatic carbocycles. The first kappa shape index (κ1) is 14.2. The second-order valence-corrected chi connectivity index (χ2v) is 4.82. The Morgan fingerprint density at radius 2 is 1.94 bits per heavy atom. The molecule has 2 atom stereocenters. The molecule has 0 saturated carbocycles. The van der Waals surface area contributed by atoms with Crippen LogP contribution in [0.4, 0.5) is 0 Å². The number of nitrogens with zero attached hydrogens (tertiary/aromatic N) is 2. The van der Waals surface area contributed by atoms with Gasteiger partial charge in [0.1, 0.15) is 6.23 Å². The Kier molecular flexibility index (Phi) is 6.00. The third-order valence-corrected chi connectivity index (χ3v) is 3.32. The van der Waals surface area contributed by atoms with Gasteiger partial charge in [-0.05, 0) is 20.4 Å². The molecule has 96 valence electrons. The van der Waals surface area contributed by atoms with Crippen LogP contribution >= 0.6 is 12.4 Å². The first-order valence-corrected chi connectivity index (χ1v) is 6.02. The van der Waals surface area contributed by atoms with Crippen molar-refractivity contribution >= 4 is 12.4 Å². The van der Waals surface area contributed by atoms with Gasteiger partial charge in [0, 0.05) is 38.8 Å². The van der Waals surface area contributed by atoms with E-state index in [1.807, 2.05) is 0 Å². The van der Waals surface area contributed by atoms with Gasteiger partial charge < -0.3 is 14.5 Å². The van der Waals surface area contributed by atoms with E-state index < -0.39 is 0 Å². The third kappa shape index (κ3) is 4.18. The Hall–Kier alpha value is 0.130. The molecule has 4 nitrogen and oxygen atoms in total. The Morgan fingerprint density at radius 3 is 2.50 bits per heavy atom. The highest BCUT2D eigenvalue weighted by molar-refractivity contribution is 5.85. The largest absolute Gasteiger partial charge is 0.362 e. The molecule has 0 amide bonds. The summed E-state index contributed by atoms with van der Waals surface area (Å²) in [6, 6.07) is 0.530. The minimum atomic E-state index is 0. The van der Waals surface area contributed by atoms with E-state index in [1.54, 1.807) is 0 Å². The molecule has 0 aliphatic carbocycles. The summed E-state index contributed by atoms with van der Waals surface area (Å²) in [5.74, 6) is 0. The fourth-order valence-electron chi connectivity index (χ4n) is 2.21. The summed E-state index contributed by atoms with van der Waals surface area (Å²) >= 11 is 0. The third-order valence-electron chi connectivity index (χ3n) is 3.32. The van der Waals surface area contributed by atoms with Crippen LogP contribution in [-0.2, 0) is 4.74 Å². The van der Waals surface area contributed by atoms with Crippen LogP contribution < -0.4 is 5.32 Å². The highest BCUT2D eigenvalue weighted by Gasteiger charge is 2.22. The van der Waals surface area contributed by atoms with Crippen molar-refractivity contribution < 1.29 is 4.74 Å². The van der Waals surface area contributed by atoms with Gasteiger partial charge in [0.05, 0.1) is 6.61 Å². The number of ether oxygens (including phenoxy) is 1. The molecule has 2 aliphatic rings. The minimum absolute atomic E-state index is 0. The molecule has 2 aliphatic heterocycles. The Balaban J connectivity index is 0.00000128. The van der Waals surface area contributed by atoms with E-state index in [4.69, 9.17) is 4.74 Å². The van der Waals surface area contributed by atoms with Gasteiger partial charge in [0.15, 0.2) is 0 Å². The lowest BCUT2D eigenvalue weighted by Crippen LogP contribution is -2.45. The van der Waals surface area contributed by atoms with Crippen molar-refractivity contribution in [3.63, 3.8) is 0 Å². The first-order chi connectivity index (χ1) is 7.24. The van der Waals surface area contributed by atoms with Crippen molar-refractivity contribution in [1.82, 2.24) is 15.1 Å². The van der Waals surface area contributed by atoms with Crippen molar-refractivity contribution in [2.24, 2.45) is 0 Å². The molecule has 0 aromatic rings. The average Bonchev–Trinajstić information content (AvgIpc) is 2.64. The normalized spacial score (nSPS) is 32.6. The van der Waals surface area contributed by atoms with Gasteiger partial charge in [0.2, 0.25) is 0 Å². The van der Waals surface area contributed by atoms with E-state index in [0.29, 0.717) is 12.3 Å². The van der Waals surface area contributed by atoms with Crippen LogP contribution in [0.1, 0.15) is 13.3 Å². The molecule has 0 spiro atoms. The standard InChI is InChI=1S/C11H23N3O.ClH/c1-10-9-15-11(12-10)3-4-14-7-5-13(2)6-8-14;/h10-12H,3-9H2,1-2H3;1H. The van der Waals surface area contributed by atoms with Crippen molar-refractivity contribution in [2.75, 3.05) is 46.4 Å². The van der Waals surface area contributed by atoms with Gasteiger partial charge in [0.25, 0.3) is 0 Å². The number of nitrogens with one attached hydrogen (secondary N) is 1. The van der Waals surface area contributed by atoms with Crippen LogP contribution in [-0.4, -0.2) is 68.4 Å². The Morgan fingerprint density at radius 1 is 1.25 bits per heavy atom. The van der Waals surface area contributed by atoms with Crippen molar-refractivity contribution in [3.05, 3.63) is 0 Å². The van der Waals surface area contributed by atoms with E-state index in [2.05, 4.69) is 29.1 Å². The number of piperazine rings is 1. The maximum Gasteiger partial charge on any atom is 0.109 e. The fourth-order valence-corrected chi connectivity index (χ4v) is 2.21. The monoisotopic (exact) mass is 249 g/mol. The smallest absolute Gasteiger partial charge is 0.109 e. The molecule has 2 saturated heterocycles. The van der Waals surface area contributed by atoms with E-state index in [-0.39, 0.29) is 12.4 Å². The molecule has 1 N–H and O–H groups in total. The average molecular weight is 250 g/mol. The zero-order valence-corrected chi connectivity index (χ0v) is 11.1. The molecule has 0 bridgehead atoms. The summed E-state index contributed by atoms with van der Waals surface area (Å²) in [5, 5.41) is 3.44. The molecule has 2 unspecified atom stereocenters. The van der Waals surface area contributed by atoms with E-state index in [1.165, 1.54) is 26.2 Å². The molecule has 0 aromatic heterocycles. The van der Waals surface area contributed by atoms with Gasteiger partial charge in [-0.25, -0.2) is 0 Å². The number of likely N-dealkylation sites (N-methyl/N-ethyl adjacent to an activating group) is 1. The molecular formula is C11H24ClN3O. The topological polar surface area (TPSA) is 27.7 Å². The van der Waals surface area contributed by atoms with E-state index in [0.717, 1.165) is 19.6 Å². The second kappa shape index (κ2) is 6.77. The summed E-state index contributed by atoms with van der Waals surface area (Å²) in [6.07, 6.45) is 1.41. The van der Waals surface area contributed by atoms with E-state index >= 15 is 0 Å². The highest BCUT2D eigenvalue weighted by atomic mass is 35.5. The van der Waals surface area contributed by atoms with Crippen LogP contribution in [0.5, 0.6) is 0 Å². The minimum Gasteiger partial charge on any atom is -0.362 e. The SMILES string of the molecule is CC1COC(CCN2CCN(C)CC2)N1.Cl. The Bertz CT molecular complexity index is 198. The van der Waals surface area contributed by atoms with Gasteiger partial charge in [-0.1, -0.05) is 0 Å². The van der Waals surface area contributed by atoms with Crippen LogP contribution in [0.3, 0.4) is 0 Å². The zero-order chi connectivity index (χ0) is 10.7. The molecule has 2 heterocycles. The van der Waals surface area contributed by atoms with Crippen LogP contribution in [0, 0.1) is 0 Å². The van der Waals surface area contributed by atoms with Crippen molar-refractivity contribution in [1.29, 1.82) is 0 Å². The molecule has 16 heavy (non-hydrogen) atoms. The number of hydrogen-bond donors (Lipinski definition) is 1. The summed E-state index contributed by atoms with van der Waals surface area (Å²) in [5.41, 5.74) is 0. The van der Waals surface area contributed by atoms with Crippen LogP contribution in [0.25, 0.3) is 0 Å². The predicted molar refractivity (Wildman–Crippen MR) is 68.1 cm³/mol. The fraction of sp³-hybridized carbons (Fsp3) is 1.00. The predicted octanol–water partition coefficient (Wildman–Crippen LogP) is 0.380. The van der Waals surface area contributed by atoms with E-state index in [9.17, 15) is 0 Å². The lowest BCUT2D eigenvalue weighted by molar-refractivity contribution is 0.0729. The maximum absolute atomic E-state index is 5.63. The highest BCUT2D eigenvalue weighted by Crippen LogP contribution is 2.08. The van der Waals surface area contributed by atoms with Gasteiger partial charge in [-0.2, -0.15) is 0 Å². The van der Waals surface area contributed by atoms with Crippen molar-refractivity contribution in [3.8, 4) is 0 Å². The van der Waals surface area contributed by atoms with Crippen molar-refractivity contribution in [2.45, 2.75) is 25.6 Å². The molecule has 2 rings (SSSR count). The van der Waals surface area contributed by atoms with Gasteiger partial charge >= 0.3 is 0 Å². The molecule has 5 heteroatoms. The maximum atomic E-state index is 5.63. The lowest BCUT2D eigenvalue weighted by Gasteiger charge is -2.32. The number of hydrogen-bond acceptors (Lipinski definition) is 4. The van der Waals surface area contributed by atoms with Crippen LogP contribution in [0.15, 0.2) is 0 Å². The van der Waals surface area contributed by atoms with Crippen LogP contribution in [0.2, 0.25) is 0 Å². The summed E-state index contributed by atoms with van der Waals surface area (Å²) < 4.78 is 5.63. The summed E-state index contributed by atoms with van der Waals surface area (Å²) in [7, 11) is 2.20. The summed E-state index contributed by atoms with van der Waals surface area (Å²) in [4.78, 5) is 4.93. The number of rotatable bonds is 3. The molecule has 0 radical (unpaired) electrons. The summed E-state index contributed by atoms with van der Waals surface area (Å²) in [6.45, 7) is 9.03. The van der Waals surface area contributed by atoms with Gasteiger partial charge in [-0.15, -0.1) is 12.4 Å². The Labute approximate surface area is 105 Å². The first-order valence-electron chi connectivity index (χ1n) is 6.02.